The number of fused-ring (bicyclic) bond motifs is 2. The predicted molar refractivity (Wildman–Crippen MR) is 135 cm³/mol. The van der Waals surface area contributed by atoms with Gasteiger partial charge in [0.25, 0.3) is 5.91 Å². The molecule has 1 aliphatic heterocycles. The molecule has 8 nitrogen and oxygen atoms in total. The zero-order chi connectivity index (χ0) is 25.6. The van der Waals surface area contributed by atoms with Crippen LogP contribution in [-0.4, -0.2) is 50.8 Å². The number of nitrogens with zero attached hydrogens (tertiary/aromatic N) is 3. The minimum Gasteiger partial charge on any atom is -0.453 e. The first-order valence-corrected chi connectivity index (χ1v) is 12.3. The summed E-state index contributed by atoms with van der Waals surface area (Å²) in [6.07, 6.45) is 7.19. The lowest BCUT2D eigenvalue weighted by atomic mass is 10.2. The van der Waals surface area contributed by atoms with Crippen LogP contribution in [0, 0.1) is 25.1 Å². The summed E-state index contributed by atoms with van der Waals surface area (Å²) >= 11 is 7.56. The number of hydrogen-bond acceptors (Lipinski definition) is 6. The fourth-order valence-corrected chi connectivity index (χ4v) is 5.58. The number of thiophene rings is 1. The Labute approximate surface area is 214 Å². The molecule has 36 heavy (non-hydrogen) atoms. The van der Waals surface area contributed by atoms with Crippen LogP contribution in [0.1, 0.15) is 28.2 Å². The first-order valence-electron chi connectivity index (χ1n) is 11.1. The van der Waals surface area contributed by atoms with Gasteiger partial charge in [-0.1, -0.05) is 17.5 Å². The smallest absolute Gasteiger partial charge is 0.327 e. The molecule has 1 saturated heterocycles. The van der Waals surface area contributed by atoms with Gasteiger partial charge in [0.05, 0.1) is 37.6 Å². The van der Waals surface area contributed by atoms with Gasteiger partial charge in [-0.05, 0) is 38.0 Å². The van der Waals surface area contributed by atoms with Gasteiger partial charge >= 0.3 is 6.03 Å². The summed E-state index contributed by atoms with van der Waals surface area (Å²) in [5.74, 6) is 1.51. The van der Waals surface area contributed by atoms with Crippen LogP contribution in [0.5, 0.6) is 11.5 Å². The maximum atomic E-state index is 15.6. The molecule has 11 heteroatoms. The number of likely N-dealkylation sites (tertiary alicyclic amines) is 1. The standard InChI is InChI=1S/C25H20ClFN4O4S/c1-3-9-29-25(34)31-13(2)21(26)20-15(31)6-7-16(22(20)27)35-17-8-10-28-14-12-18(36-23(14)17)24(33)30-11-4-5-19(30)32/h1,6-8,10,12,19,32H,4-5,9,11H2,2H3,(H,29,34). The zero-order valence-corrected chi connectivity index (χ0v) is 20.6. The van der Waals surface area contributed by atoms with Gasteiger partial charge in [-0.25, -0.2) is 9.18 Å². The molecule has 0 bridgehead atoms. The number of carbonyl (C=O) groups excluding carboxylic acids is 2. The van der Waals surface area contributed by atoms with Crippen LogP contribution in [-0.2, 0) is 0 Å². The van der Waals surface area contributed by atoms with Crippen molar-refractivity contribution in [2.75, 3.05) is 13.1 Å². The average molecular weight is 527 g/mol. The van der Waals surface area contributed by atoms with Crippen molar-refractivity contribution in [3.05, 3.63) is 51.9 Å². The van der Waals surface area contributed by atoms with Crippen molar-refractivity contribution in [3.63, 3.8) is 0 Å². The second kappa shape index (κ2) is 9.43. The van der Waals surface area contributed by atoms with Crippen LogP contribution in [0.4, 0.5) is 9.18 Å². The Kier molecular flexibility index (Phi) is 6.30. The van der Waals surface area contributed by atoms with E-state index in [1.165, 1.54) is 21.7 Å². The third-order valence-corrected chi connectivity index (χ3v) is 7.62. The maximum Gasteiger partial charge on any atom is 0.327 e. The molecule has 0 saturated carbocycles. The van der Waals surface area contributed by atoms with Crippen molar-refractivity contribution in [1.82, 2.24) is 19.8 Å². The molecule has 0 aliphatic carbocycles. The van der Waals surface area contributed by atoms with E-state index in [2.05, 4.69) is 16.2 Å². The normalized spacial score (nSPS) is 15.4. The van der Waals surface area contributed by atoms with E-state index in [9.17, 15) is 14.7 Å². The number of benzene rings is 1. The number of carbonyl (C=O) groups is 2. The number of rotatable bonds is 4. The fraction of sp³-hybridized carbons (Fsp3) is 0.240. The van der Waals surface area contributed by atoms with Gasteiger partial charge in [0.2, 0.25) is 0 Å². The van der Waals surface area contributed by atoms with Crippen LogP contribution in [0.2, 0.25) is 5.02 Å². The molecule has 4 heterocycles. The largest absolute Gasteiger partial charge is 0.453 e. The number of hydrogen-bond donors (Lipinski definition) is 2. The quantitative estimate of drug-likeness (QED) is 0.369. The van der Waals surface area contributed by atoms with E-state index in [0.29, 0.717) is 39.5 Å². The number of aliphatic hydroxyl groups excluding tert-OH is 1. The van der Waals surface area contributed by atoms with Crippen molar-refractivity contribution in [1.29, 1.82) is 0 Å². The molecule has 4 aromatic rings. The second-order valence-electron chi connectivity index (χ2n) is 8.23. The molecule has 1 unspecified atom stereocenters. The molecule has 1 fully saturated rings. The molecule has 1 aromatic carbocycles. The number of terminal acetylenes is 1. The zero-order valence-electron chi connectivity index (χ0n) is 19.0. The van der Waals surface area contributed by atoms with Crippen LogP contribution < -0.4 is 10.1 Å². The van der Waals surface area contributed by atoms with Gasteiger partial charge < -0.3 is 20.1 Å². The lowest BCUT2D eigenvalue weighted by molar-refractivity contribution is 0.0297. The lowest BCUT2D eigenvalue weighted by Crippen LogP contribution is -2.34. The van der Waals surface area contributed by atoms with Gasteiger partial charge in [0, 0.05) is 24.5 Å². The molecule has 0 spiro atoms. The number of nitrogens with one attached hydrogen (secondary N) is 1. The molecule has 184 valence electrons. The second-order valence-corrected chi connectivity index (χ2v) is 9.66. The molecular formula is C25H20ClFN4O4S. The Morgan fingerprint density at radius 3 is 2.92 bits per heavy atom. The highest BCUT2D eigenvalue weighted by atomic mass is 35.5. The van der Waals surface area contributed by atoms with Crippen molar-refractivity contribution in [2.45, 2.75) is 26.0 Å². The Hall–Kier alpha value is -3.65. The van der Waals surface area contributed by atoms with E-state index in [1.807, 2.05) is 0 Å². The number of pyridine rings is 1. The highest BCUT2D eigenvalue weighted by molar-refractivity contribution is 7.21. The minimum atomic E-state index is -0.804. The SMILES string of the molecule is C#CCNC(=O)n1c(C)c(Cl)c2c(F)c(Oc3ccnc4cc(C(=O)N5CCCC5O)sc34)ccc21. The summed E-state index contributed by atoms with van der Waals surface area (Å²) < 4.78 is 23.4. The lowest BCUT2D eigenvalue weighted by Gasteiger charge is -2.18. The van der Waals surface area contributed by atoms with E-state index < -0.39 is 18.1 Å². The summed E-state index contributed by atoms with van der Waals surface area (Å²) in [4.78, 5) is 31.6. The summed E-state index contributed by atoms with van der Waals surface area (Å²) in [7, 11) is 0. The van der Waals surface area contributed by atoms with E-state index in [0.717, 1.165) is 17.8 Å². The van der Waals surface area contributed by atoms with E-state index in [1.54, 1.807) is 25.1 Å². The molecule has 1 aliphatic rings. The first kappa shape index (κ1) is 24.1. The van der Waals surface area contributed by atoms with E-state index in [4.69, 9.17) is 22.8 Å². The highest BCUT2D eigenvalue weighted by Gasteiger charge is 2.29. The summed E-state index contributed by atoms with van der Waals surface area (Å²) in [6.45, 7) is 2.10. The molecule has 2 amide bonds. The first-order chi connectivity index (χ1) is 17.3. The summed E-state index contributed by atoms with van der Waals surface area (Å²) in [5, 5.41) is 12.7. The molecule has 5 rings (SSSR count). The Bertz CT molecular complexity index is 1570. The van der Waals surface area contributed by atoms with Crippen LogP contribution in [0.15, 0.2) is 30.5 Å². The van der Waals surface area contributed by atoms with E-state index in [-0.39, 0.29) is 34.1 Å². The third kappa shape index (κ3) is 3.95. The molecule has 1 atom stereocenters. The molecule has 2 N–H and O–H groups in total. The Balaban J connectivity index is 1.52. The van der Waals surface area contributed by atoms with Crippen LogP contribution in [0.3, 0.4) is 0 Å². The van der Waals surface area contributed by atoms with Crippen molar-refractivity contribution < 1.29 is 23.8 Å². The summed E-state index contributed by atoms with van der Waals surface area (Å²) in [5.41, 5.74) is 1.14. The van der Waals surface area contributed by atoms with Gasteiger partial charge in [0.1, 0.15) is 12.0 Å². The Morgan fingerprint density at radius 2 is 2.19 bits per heavy atom. The Morgan fingerprint density at radius 1 is 1.39 bits per heavy atom. The monoisotopic (exact) mass is 526 g/mol. The van der Waals surface area contributed by atoms with Gasteiger partial charge in [-0.15, -0.1) is 17.8 Å². The average Bonchev–Trinajstić information content (AvgIpc) is 3.56. The number of halogens is 2. The molecule has 0 radical (unpaired) electrons. The fourth-order valence-electron chi connectivity index (χ4n) is 4.29. The maximum absolute atomic E-state index is 15.6. The minimum absolute atomic E-state index is 0.0132. The van der Waals surface area contributed by atoms with Crippen LogP contribution >= 0.6 is 22.9 Å². The molecular weight excluding hydrogens is 507 g/mol. The number of aliphatic hydroxyl groups is 1. The van der Waals surface area contributed by atoms with E-state index >= 15 is 4.39 Å². The highest BCUT2D eigenvalue weighted by Crippen LogP contribution is 2.40. The van der Waals surface area contributed by atoms with Crippen LogP contribution in [0.25, 0.3) is 21.1 Å². The van der Waals surface area contributed by atoms with Crippen molar-refractivity contribution >= 4 is 56.0 Å². The predicted octanol–water partition coefficient (Wildman–Crippen LogP) is 4.89. The van der Waals surface area contributed by atoms with Gasteiger partial charge in [0.15, 0.2) is 11.6 Å². The van der Waals surface area contributed by atoms with Crippen molar-refractivity contribution in [3.8, 4) is 23.8 Å². The topological polar surface area (TPSA) is 96.7 Å². The van der Waals surface area contributed by atoms with Crippen molar-refractivity contribution in [2.24, 2.45) is 0 Å². The molecule has 3 aromatic heterocycles. The summed E-state index contributed by atoms with van der Waals surface area (Å²) in [6, 6.07) is 5.63. The number of ether oxygens (including phenoxy) is 1. The number of amides is 2. The van der Waals surface area contributed by atoms with Gasteiger partial charge in [-0.2, -0.15) is 0 Å². The van der Waals surface area contributed by atoms with Gasteiger partial charge in [-0.3, -0.25) is 14.3 Å². The number of aromatic nitrogens is 2. The third-order valence-electron chi connectivity index (χ3n) is 6.03.